The van der Waals surface area contributed by atoms with Crippen LogP contribution in [-0.4, -0.2) is 49.4 Å². The smallest absolute Gasteiger partial charge is 0.261 e. The Morgan fingerprint density at radius 3 is 2.87 bits per heavy atom. The molecule has 9 heteroatoms. The summed E-state index contributed by atoms with van der Waals surface area (Å²) in [4.78, 5) is 33.3. The Balaban J connectivity index is 1.57. The van der Waals surface area contributed by atoms with Crippen LogP contribution < -0.4 is 5.56 Å². The number of benzene rings is 2. The first-order valence-electron chi connectivity index (χ1n) is 10.2. The lowest BCUT2D eigenvalue weighted by Crippen LogP contribution is -2.36. The second-order valence-corrected chi connectivity index (χ2v) is 8.09. The lowest BCUT2D eigenvalue weighted by atomic mass is 10.1. The number of rotatable bonds is 5. The van der Waals surface area contributed by atoms with Crippen LogP contribution in [0.15, 0.2) is 47.3 Å². The van der Waals surface area contributed by atoms with Crippen LogP contribution in [0.1, 0.15) is 35.1 Å². The number of aromatic nitrogens is 4. The first-order valence-corrected chi connectivity index (χ1v) is 10.9. The third-order valence-corrected chi connectivity index (χ3v) is 6.28. The zero-order valence-corrected chi connectivity index (χ0v) is 17.8. The van der Waals surface area contributed by atoms with E-state index in [1.807, 2.05) is 29.2 Å². The van der Waals surface area contributed by atoms with Gasteiger partial charge in [-0.15, -0.1) is 0 Å². The van der Waals surface area contributed by atoms with E-state index in [0.717, 1.165) is 30.1 Å². The van der Waals surface area contributed by atoms with E-state index in [1.165, 1.54) is 0 Å². The predicted octanol–water partition coefficient (Wildman–Crippen LogP) is 3.02. The van der Waals surface area contributed by atoms with Crippen molar-refractivity contribution in [2.24, 2.45) is 0 Å². The van der Waals surface area contributed by atoms with Crippen LogP contribution in [0.2, 0.25) is 0 Å². The van der Waals surface area contributed by atoms with Crippen molar-refractivity contribution < 1.29 is 9.53 Å². The first kappa shape index (κ1) is 19.8. The maximum Gasteiger partial charge on any atom is 0.261 e. The number of carbonyl (C=O) groups is 1. The molecule has 0 spiro atoms. The van der Waals surface area contributed by atoms with Crippen LogP contribution in [0, 0.1) is 0 Å². The predicted molar refractivity (Wildman–Crippen MR) is 118 cm³/mol. The van der Waals surface area contributed by atoms with Gasteiger partial charge in [0.05, 0.1) is 41.8 Å². The second kappa shape index (κ2) is 8.16. The molecule has 3 heterocycles. The van der Waals surface area contributed by atoms with Crippen molar-refractivity contribution in [1.29, 1.82) is 0 Å². The Kier molecular flexibility index (Phi) is 5.21. The Morgan fingerprint density at radius 2 is 2.00 bits per heavy atom. The second-order valence-electron chi connectivity index (χ2n) is 7.56. The van der Waals surface area contributed by atoms with Gasteiger partial charge in [-0.05, 0) is 43.2 Å². The maximum atomic E-state index is 13.4. The fourth-order valence-electron chi connectivity index (χ4n) is 4.20. The summed E-state index contributed by atoms with van der Waals surface area (Å²) in [6.07, 6.45) is 1.61. The van der Waals surface area contributed by atoms with Crippen molar-refractivity contribution in [1.82, 2.24) is 23.2 Å². The lowest BCUT2D eigenvalue weighted by Gasteiger charge is -2.27. The molecule has 31 heavy (non-hydrogen) atoms. The van der Waals surface area contributed by atoms with Crippen molar-refractivity contribution in [2.45, 2.75) is 25.4 Å². The molecule has 8 nitrogen and oxygen atoms in total. The number of carbonyl (C=O) groups excluding carboxylic acids is 1. The van der Waals surface area contributed by atoms with E-state index in [0.29, 0.717) is 47.5 Å². The van der Waals surface area contributed by atoms with E-state index in [-0.39, 0.29) is 17.5 Å². The summed E-state index contributed by atoms with van der Waals surface area (Å²) in [5.74, 6) is 0.529. The third kappa shape index (κ3) is 3.49. The molecule has 0 radical (unpaired) electrons. The summed E-state index contributed by atoms with van der Waals surface area (Å²) in [7, 11) is 1.61. The maximum absolute atomic E-state index is 13.4. The van der Waals surface area contributed by atoms with Gasteiger partial charge in [-0.2, -0.15) is 8.75 Å². The molecule has 0 saturated carbocycles. The molecule has 1 amide bonds. The Labute approximate surface area is 182 Å². The van der Waals surface area contributed by atoms with Gasteiger partial charge in [0.2, 0.25) is 0 Å². The molecule has 1 fully saturated rings. The van der Waals surface area contributed by atoms with Gasteiger partial charge < -0.3 is 9.64 Å². The van der Waals surface area contributed by atoms with Gasteiger partial charge >= 0.3 is 0 Å². The highest BCUT2D eigenvalue weighted by Crippen LogP contribution is 2.33. The number of likely N-dealkylation sites (tertiary alicyclic amines) is 1. The zero-order chi connectivity index (χ0) is 21.4. The molecule has 1 unspecified atom stereocenters. The zero-order valence-electron chi connectivity index (χ0n) is 17.0. The number of fused-ring (bicyclic) bond motifs is 2. The molecule has 1 aliphatic heterocycles. The van der Waals surface area contributed by atoms with Crippen molar-refractivity contribution in [3.63, 3.8) is 0 Å². The average Bonchev–Trinajstić information content (AvgIpc) is 3.47. The van der Waals surface area contributed by atoms with Crippen molar-refractivity contribution >= 4 is 39.6 Å². The number of hydrogen-bond donors (Lipinski definition) is 0. The van der Waals surface area contributed by atoms with Gasteiger partial charge in [-0.3, -0.25) is 14.2 Å². The molecular weight excluding hydrogens is 414 g/mol. The van der Waals surface area contributed by atoms with Crippen LogP contribution in [0.4, 0.5) is 0 Å². The summed E-state index contributed by atoms with van der Waals surface area (Å²) in [5.41, 5.74) is 2.60. The van der Waals surface area contributed by atoms with E-state index >= 15 is 0 Å². The monoisotopic (exact) mass is 435 g/mol. The number of nitrogens with zero attached hydrogens (tertiary/aromatic N) is 5. The van der Waals surface area contributed by atoms with Gasteiger partial charge in [0.1, 0.15) is 16.9 Å². The highest BCUT2D eigenvalue weighted by Gasteiger charge is 2.34. The summed E-state index contributed by atoms with van der Waals surface area (Å²) in [6, 6.07) is 12.4. The number of ether oxygens (including phenoxy) is 1. The van der Waals surface area contributed by atoms with E-state index in [9.17, 15) is 9.59 Å². The molecule has 4 aromatic rings. The third-order valence-electron chi connectivity index (χ3n) is 5.72. The normalized spacial score (nSPS) is 16.4. The fourth-order valence-corrected chi connectivity index (χ4v) is 4.71. The summed E-state index contributed by atoms with van der Waals surface area (Å²) >= 11 is 1.13. The number of hydrogen-bond acceptors (Lipinski definition) is 7. The molecule has 2 aromatic carbocycles. The highest BCUT2D eigenvalue weighted by molar-refractivity contribution is 7.00. The minimum atomic E-state index is -0.272. The largest absolute Gasteiger partial charge is 0.383 e. The Hall–Kier alpha value is -3.17. The molecular formula is C22H21N5O3S. The lowest BCUT2D eigenvalue weighted by molar-refractivity contribution is 0.0725. The van der Waals surface area contributed by atoms with Gasteiger partial charge in [-0.1, -0.05) is 12.1 Å². The molecule has 5 rings (SSSR count). The molecule has 0 aliphatic carbocycles. The summed E-state index contributed by atoms with van der Waals surface area (Å²) in [6.45, 7) is 1.39. The standard InChI is InChI=1S/C22H21N5O3S/c1-30-12-11-27-20(23-16-6-3-2-5-15(16)22(27)29)19-7-4-10-26(19)21(28)14-8-9-17-18(13-14)25-31-24-17/h2-3,5-6,8-9,13,19H,4,7,10-12H2,1H3. The molecule has 1 atom stereocenters. The van der Waals surface area contributed by atoms with Crippen molar-refractivity contribution in [3.05, 3.63) is 64.2 Å². The molecule has 0 N–H and O–H groups in total. The molecule has 0 bridgehead atoms. The molecule has 1 saturated heterocycles. The van der Waals surface area contributed by atoms with E-state index < -0.39 is 0 Å². The van der Waals surface area contributed by atoms with E-state index in [4.69, 9.17) is 9.72 Å². The summed E-state index contributed by atoms with van der Waals surface area (Å²) in [5, 5.41) is 0.569. The van der Waals surface area contributed by atoms with E-state index in [1.54, 1.807) is 29.9 Å². The van der Waals surface area contributed by atoms with Gasteiger partial charge in [0.15, 0.2) is 0 Å². The minimum Gasteiger partial charge on any atom is -0.383 e. The van der Waals surface area contributed by atoms with Gasteiger partial charge in [0, 0.05) is 19.2 Å². The Morgan fingerprint density at radius 1 is 1.16 bits per heavy atom. The molecule has 158 valence electrons. The average molecular weight is 436 g/mol. The fraction of sp³-hybridized carbons (Fsp3) is 0.318. The SMILES string of the molecule is COCCn1c(C2CCCN2C(=O)c2ccc3nsnc3c2)nc2ccccc2c1=O. The topological polar surface area (TPSA) is 90.2 Å². The van der Waals surface area contributed by atoms with Gasteiger partial charge in [0.25, 0.3) is 11.5 Å². The van der Waals surface area contributed by atoms with Crippen LogP contribution in [0.5, 0.6) is 0 Å². The van der Waals surface area contributed by atoms with Crippen molar-refractivity contribution in [3.8, 4) is 0 Å². The van der Waals surface area contributed by atoms with E-state index in [2.05, 4.69) is 8.75 Å². The van der Waals surface area contributed by atoms with Crippen LogP contribution in [-0.2, 0) is 11.3 Å². The van der Waals surface area contributed by atoms with Crippen molar-refractivity contribution in [2.75, 3.05) is 20.3 Å². The number of methoxy groups -OCH3 is 1. The number of para-hydroxylation sites is 1. The van der Waals surface area contributed by atoms with Crippen LogP contribution in [0.25, 0.3) is 21.9 Å². The quantitative estimate of drug-likeness (QED) is 0.479. The molecule has 1 aliphatic rings. The highest BCUT2D eigenvalue weighted by atomic mass is 32.1. The van der Waals surface area contributed by atoms with Crippen LogP contribution in [0.3, 0.4) is 0 Å². The first-order chi connectivity index (χ1) is 15.2. The molecule has 2 aromatic heterocycles. The van der Waals surface area contributed by atoms with Gasteiger partial charge in [-0.25, -0.2) is 4.98 Å². The summed E-state index contributed by atoms with van der Waals surface area (Å²) < 4.78 is 15.3. The minimum absolute atomic E-state index is 0.0851. The number of amides is 1. The Bertz CT molecular complexity index is 1330. The van der Waals surface area contributed by atoms with Crippen LogP contribution >= 0.6 is 11.7 Å².